The Morgan fingerprint density at radius 3 is 1.88 bits per heavy atom. The van der Waals surface area contributed by atoms with Gasteiger partial charge in [-0.05, 0) is 36.4 Å². The fourth-order valence-electron chi connectivity index (χ4n) is 4.82. The molecule has 248 valence electrons. The van der Waals surface area contributed by atoms with Crippen molar-refractivity contribution < 1.29 is 41.4 Å². The molecule has 2 fully saturated rings. The number of benzene rings is 2. The van der Waals surface area contributed by atoms with E-state index < -0.39 is 68.9 Å². The molecule has 2 atom stereocenters. The number of aromatic hydroxyl groups is 2. The maximum absolute atomic E-state index is 15.1. The highest BCUT2D eigenvalue weighted by Gasteiger charge is 2.34. The van der Waals surface area contributed by atoms with Crippen LogP contribution in [0.1, 0.15) is 0 Å². The lowest BCUT2D eigenvalue weighted by molar-refractivity contribution is -0.118. The Labute approximate surface area is 273 Å². The van der Waals surface area contributed by atoms with E-state index in [-0.39, 0.29) is 35.5 Å². The Balaban J connectivity index is 0.000000170. The van der Waals surface area contributed by atoms with Crippen molar-refractivity contribution in [1.82, 2.24) is 34.0 Å². The first-order chi connectivity index (χ1) is 22.9. The number of phenols is 2. The zero-order valence-corrected chi connectivity index (χ0v) is 26.0. The molecule has 2 amide bonds. The number of aryl methyl sites for hydroxylation is 1. The maximum atomic E-state index is 15.1. The van der Waals surface area contributed by atoms with E-state index >= 15 is 4.39 Å². The predicted octanol–water partition coefficient (Wildman–Crippen LogP) is 1.88. The molecule has 2 aliphatic rings. The van der Waals surface area contributed by atoms with Gasteiger partial charge in [0.1, 0.15) is 36.0 Å². The molecule has 2 saturated heterocycles. The van der Waals surface area contributed by atoms with Crippen molar-refractivity contribution in [1.29, 1.82) is 0 Å². The lowest BCUT2D eigenvalue weighted by Crippen LogP contribution is -2.23. The van der Waals surface area contributed by atoms with Crippen molar-refractivity contribution in [2.24, 2.45) is 7.05 Å². The molecule has 3 aromatic heterocycles. The first kappa shape index (κ1) is 32.2. The van der Waals surface area contributed by atoms with Crippen LogP contribution in [0.2, 0.25) is 0 Å². The summed E-state index contributed by atoms with van der Waals surface area (Å²) in [6, 6.07) is 8.56. The summed E-state index contributed by atoms with van der Waals surface area (Å²) < 4.78 is 75.9. The van der Waals surface area contributed by atoms with Crippen LogP contribution in [0.15, 0.2) is 67.4 Å². The van der Waals surface area contributed by atoms with E-state index in [1.54, 1.807) is 30.7 Å². The zero-order chi connectivity index (χ0) is 34.3. The monoisotopic (exact) mass is 701 g/mol. The van der Waals surface area contributed by atoms with Gasteiger partial charge >= 0.3 is 0 Å². The number of hydrogen-bond acceptors (Lipinski definition) is 9. The second-order valence-corrected chi connectivity index (χ2v) is 12.4. The number of halogens is 3. The van der Waals surface area contributed by atoms with E-state index in [0.717, 1.165) is 14.7 Å². The fraction of sp³-hybridized carbons (Fsp3) is 0.107. The summed E-state index contributed by atoms with van der Waals surface area (Å²) in [5, 5.41) is 27.5. The molecule has 4 N–H and O–H groups in total. The molecule has 48 heavy (non-hydrogen) atoms. The summed E-state index contributed by atoms with van der Waals surface area (Å²) in [5.74, 6) is -4.66. The van der Waals surface area contributed by atoms with E-state index in [2.05, 4.69) is 24.6 Å². The summed E-state index contributed by atoms with van der Waals surface area (Å²) in [6.45, 7) is -0.689. The van der Waals surface area contributed by atoms with Crippen molar-refractivity contribution in [3.8, 4) is 39.4 Å². The summed E-state index contributed by atoms with van der Waals surface area (Å²) in [6.07, 6.45) is 7.60. The zero-order valence-electron chi connectivity index (χ0n) is 24.4. The molecule has 5 heterocycles. The number of rotatable bonds is 5. The van der Waals surface area contributed by atoms with E-state index in [1.807, 2.05) is 0 Å². The minimum Gasteiger partial charge on any atom is -0.506 e. The third kappa shape index (κ3) is 6.05. The van der Waals surface area contributed by atoms with Gasteiger partial charge in [0.15, 0.2) is 11.6 Å². The second-order valence-electron chi connectivity index (χ2n) is 10.1. The van der Waals surface area contributed by atoms with Gasteiger partial charge in [0.2, 0.25) is 28.3 Å². The standard InChI is InChI=1S/C16H12FN5O3S.C12H10F2N4O3S/c17-15-12(10-6-19-21(8-10)11-2-1-5-18-7-11)3-4-13(23)16(15)22-9-14(24)20-26(22)25;1-17-4-7(12(14)15-17)6-2-3-8(19)11(10(6)13)18-5-9(20)16-22(18)21/h1-8,23H,9H2,(H,20,24);2-4,19H,5H2,1H3,(H,16,20). The van der Waals surface area contributed by atoms with Crippen molar-refractivity contribution in [2.45, 2.75) is 0 Å². The minimum atomic E-state index is -2.01. The average molecular weight is 702 g/mol. The summed E-state index contributed by atoms with van der Waals surface area (Å²) in [4.78, 5) is 26.7. The molecule has 15 nitrogen and oxygen atoms in total. The van der Waals surface area contributed by atoms with Crippen molar-refractivity contribution in [3.05, 3.63) is 85.0 Å². The van der Waals surface area contributed by atoms with Gasteiger partial charge in [0, 0.05) is 42.3 Å². The third-order valence-electron chi connectivity index (χ3n) is 6.94. The number of phenolic OH excluding ortho intramolecular Hbond substituents is 2. The Kier molecular flexibility index (Phi) is 8.58. The van der Waals surface area contributed by atoms with Crippen LogP contribution >= 0.6 is 0 Å². The van der Waals surface area contributed by atoms with E-state index in [1.165, 1.54) is 47.0 Å². The quantitative estimate of drug-likeness (QED) is 0.212. The normalized spacial score (nSPS) is 17.2. The van der Waals surface area contributed by atoms with Crippen LogP contribution in [-0.2, 0) is 39.0 Å². The number of nitrogens with one attached hydrogen (secondary N) is 2. The number of anilines is 2. The summed E-state index contributed by atoms with van der Waals surface area (Å²) in [5.41, 5.74) is 0.320. The first-order valence-electron chi connectivity index (χ1n) is 13.6. The smallest absolute Gasteiger partial charge is 0.253 e. The molecule has 2 unspecified atom stereocenters. The van der Waals surface area contributed by atoms with Gasteiger partial charge in [-0.3, -0.25) is 37.3 Å². The second kappa shape index (κ2) is 12.8. The molecule has 5 aromatic rings. The molecular weight excluding hydrogens is 679 g/mol. The Morgan fingerprint density at radius 1 is 0.792 bits per heavy atom. The van der Waals surface area contributed by atoms with E-state index in [4.69, 9.17) is 0 Å². The van der Waals surface area contributed by atoms with Crippen LogP contribution < -0.4 is 18.1 Å². The fourth-order valence-corrected chi connectivity index (χ4v) is 6.71. The number of aromatic nitrogens is 5. The van der Waals surface area contributed by atoms with Gasteiger partial charge in [-0.1, -0.05) is 0 Å². The Hall–Kier alpha value is -5.76. The molecule has 0 aliphatic carbocycles. The van der Waals surface area contributed by atoms with Gasteiger partial charge in [0.05, 0.1) is 23.6 Å². The molecule has 7 rings (SSSR count). The van der Waals surface area contributed by atoms with Crippen molar-refractivity contribution in [3.63, 3.8) is 0 Å². The molecular formula is C28H22F3N9O6S2. The van der Waals surface area contributed by atoms with Crippen LogP contribution in [0.25, 0.3) is 27.9 Å². The number of amides is 2. The molecule has 0 radical (unpaired) electrons. The van der Waals surface area contributed by atoms with Crippen molar-refractivity contribution >= 4 is 45.5 Å². The van der Waals surface area contributed by atoms with E-state index in [0.29, 0.717) is 11.3 Å². The number of hydrogen-bond donors (Lipinski definition) is 4. The topological polar surface area (TPSA) is 188 Å². The number of carbonyl (C=O) groups excluding carboxylic acids is 2. The van der Waals surface area contributed by atoms with Crippen LogP contribution in [-0.4, -0.2) is 68.1 Å². The van der Waals surface area contributed by atoms with E-state index in [9.17, 15) is 37.0 Å². The Morgan fingerprint density at radius 2 is 1.38 bits per heavy atom. The predicted molar refractivity (Wildman–Crippen MR) is 166 cm³/mol. The minimum absolute atomic E-state index is 0.106. The van der Waals surface area contributed by atoms with Crippen molar-refractivity contribution in [2.75, 3.05) is 21.7 Å². The number of pyridine rings is 1. The summed E-state index contributed by atoms with van der Waals surface area (Å²) in [7, 11) is 1.48. The largest absolute Gasteiger partial charge is 0.506 e. The summed E-state index contributed by atoms with van der Waals surface area (Å²) >= 11 is -3.95. The molecule has 20 heteroatoms. The average Bonchev–Trinajstić information content (AvgIpc) is 3.81. The van der Waals surface area contributed by atoms with Gasteiger partial charge in [-0.25, -0.2) is 21.9 Å². The highest BCUT2D eigenvalue weighted by atomic mass is 32.2. The van der Waals surface area contributed by atoms with Gasteiger partial charge in [-0.15, -0.1) is 5.10 Å². The van der Waals surface area contributed by atoms with Crippen LogP contribution in [0.5, 0.6) is 11.5 Å². The van der Waals surface area contributed by atoms with Crippen LogP contribution in [0.4, 0.5) is 24.5 Å². The molecule has 2 aromatic carbocycles. The lowest BCUT2D eigenvalue weighted by Gasteiger charge is -2.17. The van der Waals surface area contributed by atoms with Crippen LogP contribution in [0, 0.1) is 17.6 Å². The van der Waals surface area contributed by atoms with Gasteiger partial charge < -0.3 is 10.2 Å². The molecule has 0 saturated carbocycles. The Bertz CT molecular complexity index is 2130. The molecule has 0 bridgehead atoms. The van der Waals surface area contributed by atoms with Gasteiger partial charge in [0.25, 0.3) is 11.8 Å². The first-order valence-corrected chi connectivity index (χ1v) is 15.8. The van der Waals surface area contributed by atoms with Gasteiger partial charge in [-0.2, -0.15) is 9.49 Å². The highest BCUT2D eigenvalue weighted by molar-refractivity contribution is 7.86. The number of carbonyl (C=O) groups is 2. The third-order valence-corrected chi connectivity index (χ3v) is 9.17. The van der Waals surface area contributed by atoms with Crippen LogP contribution in [0.3, 0.4) is 0 Å². The molecule has 2 aliphatic heterocycles. The number of nitrogens with zero attached hydrogens (tertiary/aromatic N) is 7. The maximum Gasteiger partial charge on any atom is 0.253 e. The SMILES string of the molecule is Cn1cc(-c2ccc(O)c(N3CC(=O)NS3=O)c2F)c(F)n1.O=C1CN(c2c(O)ccc(-c3cnn(-c4cccnc4)c3)c2F)S(=O)N1. The highest BCUT2D eigenvalue weighted by Crippen LogP contribution is 2.39. The molecule has 0 spiro atoms. The lowest BCUT2D eigenvalue weighted by atomic mass is 10.1.